The Hall–Kier alpha value is -0.880. The zero-order chi connectivity index (χ0) is 9.84. The summed E-state index contributed by atoms with van der Waals surface area (Å²) in [5, 5.41) is 6.84. The third kappa shape index (κ3) is 2.82. The van der Waals surface area contributed by atoms with Crippen molar-refractivity contribution in [3.8, 4) is 0 Å². The van der Waals surface area contributed by atoms with Crippen LogP contribution in [-0.2, 0) is 0 Å². The fourth-order valence-electron chi connectivity index (χ4n) is 0.594. The maximum absolute atomic E-state index is 10.6. The molecule has 2 amide bonds. The van der Waals surface area contributed by atoms with E-state index in [2.05, 4.69) is 21.0 Å². The first-order valence-electron chi connectivity index (χ1n) is 3.41. The second-order valence-corrected chi connectivity index (χ2v) is 4.04. The van der Waals surface area contributed by atoms with Gasteiger partial charge in [-0.3, -0.25) is 0 Å². The normalized spacial score (nSPS) is 10.6. The first-order chi connectivity index (χ1) is 6.11. The van der Waals surface area contributed by atoms with Gasteiger partial charge >= 0.3 is 6.03 Å². The molecule has 70 valence electrons. The van der Waals surface area contributed by atoms with Gasteiger partial charge in [0.15, 0.2) is 0 Å². The van der Waals surface area contributed by atoms with Gasteiger partial charge in [-0.15, -0.1) is 11.3 Å². The van der Waals surface area contributed by atoms with Gasteiger partial charge in [-0.2, -0.15) is 5.10 Å². The van der Waals surface area contributed by atoms with E-state index in [-0.39, 0.29) is 0 Å². The Balaban J connectivity index is 2.69. The smallest absolute Gasteiger partial charge is 0.334 e. The molecule has 0 fully saturated rings. The molecular formula is C7H8BrN3OS. The van der Waals surface area contributed by atoms with Crippen LogP contribution in [-0.4, -0.2) is 24.3 Å². The second-order valence-electron chi connectivity index (χ2n) is 2.24. The predicted molar refractivity (Wildman–Crippen MR) is 57.0 cm³/mol. The van der Waals surface area contributed by atoms with Crippen LogP contribution in [0.2, 0.25) is 0 Å². The monoisotopic (exact) mass is 261 g/mol. The number of amides is 2. The topological polar surface area (TPSA) is 58.7 Å². The summed E-state index contributed by atoms with van der Waals surface area (Å²) in [7, 11) is 1.50. The van der Waals surface area contributed by atoms with E-state index in [0.29, 0.717) is 0 Å². The van der Waals surface area contributed by atoms with Crippen molar-refractivity contribution in [3.63, 3.8) is 0 Å². The minimum atomic E-state index is -0.580. The molecule has 2 N–H and O–H groups in total. The van der Waals surface area contributed by atoms with Crippen LogP contribution in [0.15, 0.2) is 21.0 Å². The van der Waals surface area contributed by atoms with Gasteiger partial charge in [-0.05, 0) is 27.4 Å². The summed E-state index contributed by atoms with van der Waals surface area (Å²) in [4.78, 5) is 11.5. The summed E-state index contributed by atoms with van der Waals surface area (Å²) in [5.74, 6) is 0. The molecule has 1 aromatic heterocycles. The molecule has 0 saturated heterocycles. The number of halogens is 1. The van der Waals surface area contributed by atoms with Gasteiger partial charge in [0.1, 0.15) is 0 Å². The van der Waals surface area contributed by atoms with E-state index in [9.17, 15) is 4.79 Å². The average molecular weight is 262 g/mol. The Bertz CT molecular complexity index is 336. The lowest BCUT2D eigenvalue weighted by Crippen LogP contribution is -2.27. The van der Waals surface area contributed by atoms with Crippen LogP contribution in [0.5, 0.6) is 0 Å². The SMILES string of the molecule is CN(/N=C/c1sccc1Br)C(N)=O. The van der Waals surface area contributed by atoms with Crippen molar-refractivity contribution in [1.82, 2.24) is 5.01 Å². The fraction of sp³-hybridized carbons (Fsp3) is 0.143. The van der Waals surface area contributed by atoms with E-state index in [4.69, 9.17) is 5.73 Å². The number of rotatable bonds is 2. The number of hydrogen-bond acceptors (Lipinski definition) is 3. The van der Waals surface area contributed by atoms with E-state index >= 15 is 0 Å². The zero-order valence-electron chi connectivity index (χ0n) is 6.90. The Morgan fingerprint density at radius 2 is 2.54 bits per heavy atom. The first kappa shape index (κ1) is 10.2. The molecule has 0 bridgehead atoms. The van der Waals surface area contributed by atoms with Gasteiger partial charge in [0, 0.05) is 11.5 Å². The molecular weight excluding hydrogens is 254 g/mol. The molecule has 0 atom stereocenters. The minimum Gasteiger partial charge on any atom is -0.350 e. The van der Waals surface area contributed by atoms with Gasteiger partial charge in [0.25, 0.3) is 0 Å². The van der Waals surface area contributed by atoms with Gasteiger partial charge in [0.2, 0.25) is 0 Å². The highest BCUT2D eigenvalue weighted by molar-refractivity contribution is 9.10. The van der Waals surface area contributed by atoms with Gasteiger partial charge in [-0.1, -0.05) is 0 Å². The Morgan fingerprint density at radius 1 is 1.85 bits per heavy atom. The number of carbonyl (C=O) groups excluding carboxylic acids is 1. The van der Waals surface area contributed by atoms with Crippen LogP contribution in [0.3, 0.4) is 0 Å². The number of nitrogens with two attached hydrogens (primary N) is 1. The summed E-state index contributed by atoms with van der Waals surface area (Å²) in [6.07, 6.45) is 1.58. The number of nitrogens with zero attached hydrogens (tertiary/aromatic N) is 2. The molecule has 0 aliphatic rings. The molecule has 0 aromatic carbocycles. The maximum atomic E-state index is 10.6. The molecule has 0 unspecified atom stereocenters. The maximum Gasteiger partial charge on any atom is 0.334 e. The molecule has 0 aliphatic heterocycles. The molecule has 1 heterocycles. The second kappa shape index (κ2) is 4.38. The Labute approximate surface area is 88.2 Å². The predicted octanol–water partition coefficient (Wildman–Crippen LogP) is 1.86. The fourth-order valence-corrected chi connectivity index (χ4v) is 1.92. The molecule has 0 saturated carbocycles. The Kier molecular flexibility index (Phi) is 3.44. The van der Waals surface area contributed by atoms with Crippen LogP contribution in [0.1, 0.15) is 4.88 Å². The molecule has 1 rings (SSSR count). The molecule has 1 aromatic rings. The van der Waals surface area contributed by atoms with E-state index in [1.54, 1.807) is 6.21 Å². The molecule has 0 aliphatic carbocycles. The minimum absolute atomic E-state index is 0.580. The summed E-state index contributed by atoms with van der Waals surface area (Å²) in [6.45, 7) is 0. The van der Waals surface area contributed by atoms with Crippen LogP contribution in [0, 0.1) is 0 Å². The standard InChI is InChI=1S/C7H8BrN3OS/c1-11(7(9)12)10-4-6-5(8)2-3-13-6/h2-4H,1H3,(H2,9,12)/b10-4+. The van der Waals surface area contributed by atoms with Crippen LogP contribution in [0.4, 0.5) is 4.79 Å². The molecule has 13 heavy (non-hydrogen) atoms. The van der Waals surface area contributed by atoms with E-state index in [1.165, 1.54) is 18.4 Å². The highest BCUT2D eigenvalue weighted by atomic mass is 79.9. The van der Waals surface area contributed by atoms with Gasteiger partial charge < -0.3 is 5.73 Å². The lowest BCUT2D eigenvalue weighted by atomic mass is 10.5. The first-order valence-corrected chi connectivity index (χ1v) is 5.08. The third-order valence-corrected chi connectivity index (χ3v) is 3.12. The van der Waals surface area contributed by atoms with Crippen molar-refractivity contribution in [1.29, 1.82) is 0 Å². The van der Waals surface area contributed by atoms with Crippen LogP contribution in [0.25, 0.3) is 0 Å². The van der Waals surface area contributed by atoms with Crippen molar-refractivity contribution in [3.05, 3.63) is 20.8 Å². The highest BCUT2D eigenvalue weighted by Gasteiger charge is 2.00. The van der Waals surface area contributed by atoms with E-state index in [1.807, 2.05) is 11.4 Å². The molecule has 4 nitrogen and oxygen atoms in total. The van der Waals surface area contributed by atoms with E-state index in [0.717, 1.165) is 14.4 Å². The number of hydrazone groups is 1. The van der Waals surface area contributed by atoms with E-state index < -0.39 is 6.03 Å². The molecule has 0 spiro atoms. The van der Waals surface area contributed by atoms with Crippen LogP contribution < -0.4 is 5.73 Å². The van der Waals surface area contributed by atoms with Crippen LogP contribution >= 0.6 is 27.3 Å². The summed E-state index contributed by atoms with van der Waals surface area (Å²) >= 11 is 4.87. The number of thiophene rings is 1. The number of urea groups is 1. The quantitative estimate of drug-likeness (QED) is 0.641. The largest absolute Gasteiger partial charge is 0.350 e. The summed E-state index contributed by atoms with van der Waals surface area (Å²) in [6, 6.07) is 1.33. The summed E-state index contributed by atoms with van der Waals surface area (Å²) < 4.78 is 0.958. The van der Waals surface area contributed by atoms with Crippen molar-refractivity contribution in [2.45, 2.75) is 0 Å². The number of carbonyl (C=O) groups is 1. The summed E-state index contributed by atoms with van der Waals surface area (Å²) in [5.41, 5.74) is 4.98. The van der Waals surface area contributed by atoms with Gasteiger partial charge in [0.05, 0.1) is 11.1 Å². The molecule has 0 radical (unpaired) electrons. The van der Waals surface area contributed by atoms with Crippen molar-refractivity contribution in [2.24, 2.45) is 10.8 Å². The Morgan fingerprint density at radius 3 is 3.00 bits per heavy atom. The van der Waals surface area contributed by atoms with Crippen molar-refractivity contribution >= 4 is 39.5 Å². The number of hydrogen-bond donors (Lipinski definition) is 1. The zero-order valence-corrected chi connectivity index (χ0v) is 9.30. The lowest BCUT2D eigenvalue weighted by Gasteiger charge is -2.04. The van der Waals surface area contributed by atoms with Crippen molar-refractivity contribution < 1.29 is 4.79 Å². The van der Waals surface area contributed by atoms with Crippen molar-refractivity contribution in [2.75, 3.05) is 7.05 Å². The average Bonchev–Trinajstić information content (AvgIpc) is 2.47. The third-order valence-electron chi connectivity index (χ3n) is 1.31. The molecule has 6 heteroatoms. The van der Waals surface area contributed by atoms with Gasteiger partial charge in [-0.25, -0.2) is 9.80 Å². The lowest BCUT2D eigenvalue weighted by molar-refractivity contribution is 0.220. The highest BCUT2D eigenvalue weighted by Crippen LogP contribution is 2.20. The number of primary amides is 1.